The van der Waals surface area contributed by atoms with Crippen molar-refractivity contribution in [1.29, 1.82) is 0 Å². The number of amides is 1. The minimum Gasteiger partial charge on any atom is -0.446 e. The summed E-state index contributed by atoms with van der Waals surface area (Å²) in [6, 6.07) is -0.441. The summed E-state index contributed by atoms with van der Waals surface area (Å²) in [5.74, 6) is 0.341. The summed E-state index contributed by atoms with van der Waals surface area (Å²) in [6.45, 7) is 9.17. The Morgan fingerprint density at radius 1 is 1.47 bits per heavy atom. The molecule has 1 amide bonds. The minimum atomic E-state index is -0.573. The smallest absolute Gasteiger partial charge is 0.408 e. The van der Waals surface area contributed by atoms with Gasteiger partial charge < -0.3 is 14.5 Å². The largest absolute Gasteiger partial charge is 0.446 e. The molecule has 1 rings (SSSR count). The first-order valence-electron chi connectivity index (χ1n) is 6.13. The first kappa shape index (κ1) is 15.2. The molecule has 0 aliphatic carbocycles. The molecule has 0 bridgehead atoms. The van der Waals surface area contributed by atoms with Crippen molar-refractivity contribution in [2.75, 3.05) is 0 Å². The van der Waals surface area contributed by atoms with Crippen molar-refractivity contribution in [3.63, 3.8) is 0 Å². The fourth-order valence-electron chi connectivity index (χ4n) is 1.45. The number of alkyl carbamates (subject to hydrolysis) is 1. The second-order valence-electron chi connectivity index (χ2n) is 5.60. The fourth-order valence-corrected chi connectivity index (χ4v) is 1.45. The van der Waals surface area contributed by atoms with Gasteiger partial charge in [0.25, 0.3) is 0 Å². The van der Waals surface area contributed by atoms with Crippen molar-refractivity contribution in [3.05, 3.63) is 17.8 Å². The number of nitrogens with one attached hydrogen (secondary N) is 1. The fraction of sp³-hybridized carbons (Fsp3) is 0.615. The van der Waals surface area contributed by atoms with Gasteiger partial charge >= 0.3 is 6.09 Å². The van der Waals surface area contributed by atoms with E-state index in [4.69, 9.17) is 9.15 Å². The summed E-state index contributed by atoms with van der Waals surface area (Å²) in [4.78, 5) is 26.3. The minimum absolute atomic E-state index is 0.0469. The maximum absolute atomic E-state index is 11.8. The Morgan fingerprint density at radius 2 is 2.11 bits per heavy atom. The molecule has 0 spiro atoms. The van der Waals surface area contributed by atoms with Crippen molar-refractivity contribution in [2.45, 2.75) is 46.3 Å². The molecule has 1 atom stereocenters. The van der Waals surface area contributed by atoms with E-state index >= 15 is 0 Å². The number of aromatic nitrogens is 1. The number of carbonyl (C=O) groups is 2. The third kappa shape index (κ3) is 4.73. The van der Waals surface area contributed by atoms with Crippen LogP contribution >= 0.6 is 0 Å². The van der Waals surface area contributed by atoms with Gasteiger partial charge in [-0.15, -0.1) is 0 Å². The second kappa shape index (κ2) is 5.86. The van der Waals surface area contributed by atoms with Crippen LogP contribution in [0.1, 0.15) is 57.0 Å². The lowest BCUT2D eigenvalue weighted by Crippen LogP contribution is -2.37. The van der Waals surface area contributed by atoms with Gasteiger partial charge in [-0.2, -0.15) is 0 Å². The van der Waals surface area contributed by atoms with Crippen LogP contribution in [0.3, 0.4) is 0 Å². The number of nitrogens with zero attached hydrogens (tertiary/aromatic N) is 1. The molecule has 6 heteroatoms. The molecule has 0 saturated heterocycles. The Hall–Kier alpha value is -1.85. The predicted octanol–water partition coefficient (Wildman–Crippen LogP) is 2.71. The molecule has 0 aromatic carbocycles. The third-order valence-corrected chi connectivity index (χ3v) is 2.27. The van der Waals surface area contributed by atoms with Gasteiger partial charge in [0.2, 0.25) is 5.89 Å². The molecule has 106 valence electrons. The van der Waals surface area contributed by atoms with Crippen molar-refractivity contribution in [1.82, 2.24) is 10.3 Å². The Labute approximate surface area is 112 Å². The van der Waals surface area contributed by atoms with Crippen molar-refractivity contribution >= 4 is 12.4 Å². The SMILES string of the molecule is CC(C)C(NC(=O)OC(C)(C)C)c1nc(C=O)co1. The van der Waals surface area contributed by atoms with Crippen LogP contribution in [0.4, 0.5) is 4.79 Å². The summed E-state index contributed by atoms with van der Waals surface area (Å²) >= 11 is 0. The van der Waals surface area contributed by atoms with Crippen LogP contribution < -0.4 is 5.32 Å². The molecule has 0 fully saturated rings. The quantitative estimate of drug-likeness (QED) is 0.849. The Kier molecular flexibility index (Phi) is 4.69. The number of hydrogen-bond donors (Lipinski definition) is 1. The van der Waals surface area contributed by atoms with E-state index < -0.39 is 17.7 Å². The van der Waals surface area contributed by atoms with Gasteiger partial charge in [-0.05, 0) is 26.7 Å². The maximum atomic E-state index is 11.8. The van der Waals surface area contributed by atoms with E-state index in [1.807, 2.05) is 13.8 Å². The van der Waals surface area contributed by atoms with Crippen LogP contribution in [0, 0.1) is 5.92 Å². The van der Waals surface area contributed by atoms with Crippen LogP contribution in [0.25, 0.3) is 0 Å². The number of hydrogen-bond acceptors (Lipinski definition) is 5. The van der Waals surface area contributed by atoms with E-state index in [2.05, 4.69) is 10.3 Å². The molecule has 0 radical (unpaired) electrons. The molecular formula is C13H20N2O4. The lowest BCUT2D eigenvalue weighted by molar-refractivity contribution is 0.0479. The van der Waals surface area contributed by atoms with Gasteiger partial charge in [0.1, 0.15) is 23.6 Å². The van der Waals surface area contributed by atoms with E-state index in [1.54, 1.807) is 20.8 Å². The van der Waals surface area contributed by atoms with Crippen molar-refractivity contribution < 1.29 is 18.7 Å². The van der Waals surface area contributed by atoms with E-state index in [-0.39, 0.29) is 11.6 Å². The van der Waals surface area contributed by atoms with Gasteiger partial charge in [0.05, 0.1) is 0 Å². The van der Waals surface area contributed by atoms with Gasteiger partial charge in [-0.1, -0.05) is 13.8 Å². The molecular weight excluding hydrogens is 248 g/mol. The Balaban J connectivity index is 2.79. The van der Waals surface area contributed by atoms with E-state index in [0.29, 0.717) is 12.2 Å². The van der Waals surface area contributed by atoms with Crippen LogP contribution in [0.15, 0.2) is 10.7 Å². The molecule has 1 aromatic rings. The van der Waals surface area contributed by atoms with Gasteiger partial charge in [-0.25, -0.2) is 9.78 Å². The zero-order valence-electron chi connectivity index (χ0n) is 11.9. The monoisotopic (exact) mass is 268 g/mol. The molecule has 0 aliphatic rings. The zero-order valence-corrected chi connectivity index (χ0v) is 11.9. The van der Waals surface area contributed by atoms with E-state index in [0.717, 1.165) is 0 Å². The van der Waals surface area contributed by atoms with Crippen molar-refractivity contribution in [2.24, 2.45) is 5.92 Å². The highest BCUT2D eigenvalue weighted by Crippen LogP contribution is 2.21. The lowest BCUT2D eigenvalue weighted by atomic mass is 10.0. The summed E-state index contributed by atoms with van der Waals surface area (Å²) in [5.41, 5.74) is -0.373. The lowest BCUT2D eigenvalue weighted by Gasteiger charge is -2.23. The third-order valence-electron chi connectivity index (χ3n) is 2.27. The maximum Gasteiger partial charge on any atom is 0.408 e. The molecule has 1 N–H and O–H groups in total. The van der Waals surface area contributed by atoms with E-state index in [1.165, 1.54) is 6.26 Å². The molecule has 0 saturated carbocycles. The number of rotatable bonds is 4. The highest BCUT2D eigenvalue weighted by atomic mass is 16.6. The highest BCUT2D eigenvalue weighted by Gasteiger charge is 2.26. The summed E-state index contributed by atoms with van der Waals surface area (Å²) in [5, 5.41) is 2.69. The summed E-state index contributed by atoms with van der Waals surface area (Å²) < 4.78 is 10.4. The van der Waals surface area contributed by atoms with Crippen molar-refractivity contribution in [3.8, 4) is 0 Å². The molecule has 1 heterocycles. The second-order valence-corrected chi connectivity index (χ2v) is 5.60. The van der Waals surface area contributed by atoms with Crippen LogP contribution in [0.2, 0.25) is 0 Å². The van der Waals surface area contributed by atoms with Gasteiger partial charge in [-0.3, -0.25) is 4.79 Å². The average molecular weight is 268 g/mol. The number of carbonyl (C=O) groups excluding carboxylic acids is 2. The molecule has 19 heavy (non-hydrogen) atoms. The number of ether oxygens (including phenoxy) is 1. The summed E-state index contributed by atoms with van der Waals surface area (Å²) in [6.07, 6.45) is 1.31. The van der Waals surface area contributed by atoms with Crippen LogP contribution in [-0.4, -0.2) is 23.0 Å². The first-order valence-corrected chi connectivity index (χ1v) is 6.13. The Morgan fingerprint density at radius 3 is 2.53 bits per heavy atom. The molecule has 1 unspecified atom stereocenters. The first-order chi connectivity index (χ1) is 8.73. The average Bonchev–Trinajstić information content (AvgIpc) is 2.71. The van der Waals surface area contributed by atoms with Gasteiger partial charge in [0, 0.05) is 0 Å². The summed E-state index contributed by atoms with van der Waals surface area (Å²) in [7, 11) is 0. The molecule has 1 aromatic heterocycles. The normalized spacial score (nSPS) is 13.2. The zero-order chi connectivity index (χ0) is 14.6. The standard InChI is InChI=1S/C13H20N2O4/c1-8(2)10(11-14-9(6-16)7-18-11)15-12(17)19-13(3,4)5/h6-8,10H,1-5H3,(H,15,17). The van der Waals surface area contributed by atoms with E-state index in [9.17, 15) is 9.59 Å². The van der Waals surface area contributed by atoms with Crippen LogP contribution in [0.5, 0.6) is 0 Å². The number of aldehydes is 1. The topological polar surface area (TPSA) is 81.4 Å². The van der Waals surface area contributed by atoms with Gasteiger partial charge in [0.15, 0.2) is 6.29 Å². The molecule has 6 nitrogen and oxygen atoms in total. The van der Waals surface area contributed by atoms with Crippen LogP contribution in [-0.2, 0) is 4.74 Å². The highest BCUT2D eigenvalue weighted by molar-refractivity contribution is 5.71. The predicted molar refractivity (Wildman–Crippen MR) is 68.8 cm³/mol. The molecule has 0 aliphatic heterocycles. The Bertz CT molecular complexity index is 446. The number of oxazole rings is 1.